The molecular formula is C14H19NO4. The first-order valence-electron chi connectivity index (χ1n) is 6.11. The number of methoxy groups -OCH3 is 1. The number of aliphatic carboxylic acids is 1. The predicted molar refractivity (Wildman–Crippen MR) is 71.7 cm³/mol. The molecule has 0 saturated heterocycles. The maximum absolute atomic E-state index is 12.0. The second-order valence-corrected chi connectivity index (χ2v) is 4.32. The molecule has 1 aromatic carbocycles. The van der Waals surface area contributed by atoms with Crippen molar-refractivity contribution in [3.05, 3.63) is 28.8 Å². The number of rotatable bonds is 6. The van der Waals surface area contributed by atoms with Crippen LogP contribution in [0.5, 0.6) is 5.75 Å². The fraction of sp³-hybridized carbons (Fsp3) is 0.429. The molecule has 0 aliphatic rings. The third-order valence-corrected chi connectivity index (χ3v) is 3.05. The van der Waals surface area contributed by atoms with Crippen LogP contribution in [0.25, 0.3) is 0 Å². The zero-order valence-electron chi connectivity index (χ0n) is 11.4. The fourth-order valence-corrected chi connectivity index (χ4v) is 1.80. The first-order valence-corrected chi connectivity index (χ1v) is 6.11. The normalized spacial score (nSPS) is 10.1. The summed E-state index contributed by atoms with van der Waals surface area (Å²) >= 11 is 0. The maximum Gasteiger partial charge on any atom is 0.303 e. The lowest BCUT2D eigenvalue weighted by Crippen LogP contribution is -2.25. The Balaban J connectivity index is 2.67. The summed E-state index contributed by atoms with van der Waals surface area (Å²) in [6, 6.07) is 3.47. The van der Waals surface area contributed by atoms with Gasteiger partial charge >= 0.3 is 5.97 Å². The minimum Gasteiger partial charge on any atom is -0.496 e. The molecule has 0 saturated carbocycles. The van der Waals surface area contributed by atoms with E-state index in [1.165, 1.54) is 0 Å². The largest absolute Gasteiger partial charge is 0.496 e. The van der Waals surface area contributed by atoms with Crippen molar-refractivity contribution in [1.29, 1.82) is 0 Å². The number of hydrogen-bond donors (Lipinski definition) is 2. The van der Waals surface area contributed by atoms with Crippen LogP contribution in [0.1, 0.15) is 34.3 Å². The molecule has 0 aliphatic carbocycles. The van der Waals surface area contributed by atoms with Crippen LogP contribution in [0, 0.1) is 13.8 Å². The molecule has 1 amide bonds. The second kappa shape index (κ2) is 6.78. The molecule has 1 rings (SSSR count). The van der Waals surface area contributed by atoms with Crippen LogP contribution in [-0.2, 0) is 4.79 Å². The van der Waals surface area contributed by atoms with Crippen LogP contribution in [0.4, 0.5) is 0 Å². The van der Waals surface area contributed by atoms with Crippen LogP contribution in [0.3, 0.4) is 0 Å². The lowest BCUT2D eigenvalue weighted by Gasteiger charge is -2.12. The number of hydrogen-bond acceptors (Lipinski definition) is 3. The Morgan fingerprint density at radius 3 is 2.53 bits per heavy atom. The van der Waals surface area contributed by atoms with Gasteiger partial charge in [-0.3, -0.25) is 9.59 Å². The molecule has 0 heterocycles. The van der Waals surface area contributed by atoms with Gasteiger partial charge in [-0.25, -0.2) is 0 Å². The zero-order valence-corrected chi connectivity index (χ0v) is 11.4. The molecule has 0 atom stereocenters. The molecule has 5 heteroatoms. The van der Waals surface area contributed by atoms with Crippen molar-refractivity contribution in [2.45, 2.75) is 26.7 Å². The highest BCUT2D eigenvalue weighted by molar-refractivity contribution is 5.96. The summed E-state index contributed by atoms with van der Waals surface area (Å²) in [7, 11) is 1.59. The summed E-state index contributed by atoms with van der Waals surface area (Å²) in [6.45, 7) is 4.12. The van der Waals surface area contributed by atoms with Gasteiger partial charge in [0.05, 0.1) is 7.11 Å². The Hall–Kier alpha value is -2.04. The monoisotopic (exact) mass is 265 g/mol. The van der Waals surface area contributed by atoms with Gasteiger partial charge in [0.1, 0.15) is 5.75 Å². The van der Waals surface area contributed by atoms with E-state index in [1.807, 2.05) is 13.8 Å². The van der Waals surface area contributed by atoms with Crippen molar-refractivity contribution in [2.24, 2.45) is 0 Å². The van der Waals surface area contributed by atoms with E-state index in [1.54, 1.807) is 19.2 Å². The minimum absolute atomic E-state index is 0.0565. The average Bonchev–Trinajstić information content (AvgIpc) is 2.37. The van der Waals surface area contributed by atoms with E-state index < -0.39 is 5.97 Å². The topological polar surface area (TPSA) is 75.6 Å². The summed E-state index contributed by atoms with van der Waals surface area (Å²) in [5.74, 6) is -0.292. The molecule has 0 fully saturated rings. The van der Waals surface area contributed by atoms with E-state index in [2.05, 4.69) is 5.32 Å². The molecule has 5 nitrogen and oxygen atoms in total. The van der Waals surface area contributed by atoms with E-state index in [0.29, 0.717) is 18.5 Å². The van der Waals surface area contributed by atoms with Gasteiger partial charge in [0.15, 0.2) is 0 Å². The molecule has 0 aliphatic heterocycles. The first-order chi connectivity index (χ1) is 8.97. The summed E-state index contributed by atoms with van der Waals surface area (Å²) in [6.07, 6.45) is 0.482. The molecule has 0 spiro atoms. The average molecular weight is 265 g/mol. The quantitative estimate of drug-likeness (QED) is 0.770. The molecule has 0 radical (unpaired) electrons. The summed E-state index contributed by atoms with van der Waals surface area (Å²) in [5, 5.41) is 11.2. The Morgan fingerprint density at radius 1 is 1.26 bits per heavy atom. The van der Waals surface area contributed by atoms with Crippen LogP contribution in [0.2, 0.25) is 0 Å². The van der Waals surface area contributed by atoms with Crippen LogP contribution >= 0.6 is 0 Å². The molecule has 0 aromatic heterocycles. The lowest BCUT2D eigenvalue weighted by atomic mass is 10.0. The predicted octanol–water partition coefficient (Wildman–Crippen LogP) is 1.91. The summed E-state index contributed by atoms with van der Waals surface area (Å²) in [4.78, 5) is 22.3. The van der Waals surface area contributed by atoms with Gasteiger partial charge in [0, 0.05) is 18.5 Å². The number of nitrogens with one attached hydrogen (secondary N) is 1. The third-order valence-electron chi connectivity index (χ3n) is 3.05. The van der Waals surface area contributed by atoms with Crippen molar-refractivity contribution in [2.75, 3.05) is 13.7 Å². The standard InChI is InChI=1S/C14H19NO4/c1-9-10(2)12(19-3)7-6-11(9)14(18)15-8-4-5-13(16)17/h6-7H,4-5,8H2,1-3H3,(H,15,18)(H,16,17). The Bertz CT molecular complexity index is 483. The highest BCUT2D eigenvalue weighted by atomic mass is 16.5. The molecular weight excluding hydrogens is 246 g/mol. The molecule has 2 N–H and O–H groups in total. The Kier molecular flexibility index (Phi) is 5.36. The second-order valence-electron chi connectivity index (χ2n) is 4.32. The van der Waals surface area contributed by atoms with Crippen molar-refractivity contribution < 1.29 is 19.4 Å². The Labute approximate surface area is 112 Å². The van der Waals surface area contributed by atoms with Crippen LogP contribution in [-0.4, -0.2) is 30.6 Å². The van der Waals surface area contributed by atoms with Gasteiger partial charge in [-0.1, -0.05) is 0 Å². The molecule has 1 aromatic rings. The van der Waals surface area contributed by atoms with Crippen molar-refractivity contribution in [3.8, 4) is 5.75 Å². The van der Waals surface area contributed by atoms with Gasteiger partial charge in [0.25, 0.3) is 5.91 Å². The fourth-order valence-electron chi connectivity index (χ4n) is 1.80. The van der Waals surface area contributed by atoms with E-state index in [4.69, 9.17) is 9.84 Å². The minimum atomic E-state index is -0.856. The van der Waals surface area contributed by atoms with Crippen molar-refractivity contribution in [1.82, 2.24) is 5.32 Å². The number of ether oxygens (including phenoxy) is 1. The van der Waals surface area contributed by atoms with E-state index in [0.717, 1.165) is 16.9 Å². The highest BCUT2D eigenvalue weighted by Crippen LogP contribution is 2.23. The first kappa shape index (κ1) is 15.0. The molecule has 0 bridgehead atoms. The van der Waals surface area contributed by atoms with E-state index in [9.17, 15) is 9.59 Å². The SMILES string of the molecule is COc1ccc(C(=O)NCCCC(=O)O)c(C)c1C. The molecule has 0 unspecified atom stereocenters. The van der Waals surface area contributed by atoms with Gasteiger partial charge in [0.2, 0.25) is 0 Å². The maximum atomic E-state index is 12.0. The third kappa shape index (κ3) is 3.98. The summed E-state index contributed by atoms with van der Waals surface area (Å²) in [5.41, 5.74) is 2.39. The lowest BCUT2D eigenvalue weighted by molar-refractivity contribution is -0.137. The van der Waals surface area contributed by atoms with Gasteiger partial charge < -0.3 is 15.2 Å². The number of carbonyl (C=O) groups is 2. The number of amides is 1. The zero-order chi connectivity index (χ0) is 14.4. The van der Waals surface area contributed by atoms with Crippen LogP contribution < -0.4 is 10.1 Å². The van der Waals surface area contributed by atoms with Gasteiger partial charge in [-0.15, -0.1) is 0 Å². The number of carboxylic acid groups (broad SMARTS) is 1. The smallest absolute Gasteiger partial charge is 0.303 e. The van der Waals surface area contributed by atoms with Gasteiger partial charge in [-0.2, -0.15) is 0 Å². The van der Waals surface area contributed by atoms with E-state index in [-0.39, 0.29) is 12.3 Å². The highest BCUT2D eigenvalue weighted by Gasteiger charge is 2.12. The number of carbonyl (C=O) groups excluding carboxylic acids is 1. The van der Waals surface area contributed by atoms with Crippen LogP contribution in [0.15, 0.2) is 12.1 Å². The summed E-state index contributed by atoms with van der Waals surface area (Å²) < 4.78 is 5.19. The van der Waals surface area contributed by atoms with Crippen molar-refractivity contribution in [3.63, 3.8) is 0 Å². The number of benzene rings is 1. The molecule has 19 heavy (non-hydrogen) atoms. The van der Waals surface area contributed by atoms with E-state index >= 15 is 0 Å². The van der Waals surface area contributed by atoms with Gasteiger partial charge in [-0.05, 0) is 43.5 Å². The number of carboxylic acids is 1. The Morgan fingerprint density at radius 2 is 1.95 bits per heavy atom. The van der Waals surface area contributed by atoms with Crippen molar-refractivity contribution >= 4 is 11.9 Å². The molecule has 104 valence electrons.